The smallest absolute Gasteiger partial charge is 0.255 e. The van der Waals surface area contributed by atoms with E-state index < -0.39 is 35.1 Å². The van der Waals surface area contributed by atoms with Crippen molar-refractivity contribution in [1.82, 2.24) is 5.32 Å². The van der Waals surface area contributed by atoms with E-state index in [0.29, 0.717) is 0 Å². The standard InChI is InChI=1S/C12H10F2N2O2/c1-2-4-9(11(15)17)16-12(18)7-5-3-6-8(13)10(7)14/h1,3,5-6,9H,4H2,(H2,15,17)(H,16,18)/t9-/m1/s1. The van der Waals surface area contributed by atoms with Gasteiger partial charge in [-0.25, -0.2) is 8.78 Å². The predicted octanol–water partition coefficient (Wildman–Crippen LogP) is 0.572. The molecular formula is C12H10F2N2O2. The van der Waals surface area contributed by atoms with Gasteiger partial charge in [0.05, 0.1) is 5.56 Å². The molecule has 0 radical (unpaired) electrons. The maximum atomic E-state index is 13.3. The summed E-state index contributed by atoms with van der Waals surface area (Å²) in [6, 6.07) is 2.01. The zero-order chi connectivity index (χ0) is 13.7. The highest BCUT2D eigenvalue weighted by atomic mass is 19.2. The molecule has 94 valence electrons. The summed E-state index contributed by atoms with van der Waals surface area (Å²) in [5.41, 5.74) is 4.48. The van der Waals surface area contributed by atoms with Crippen LogP contribution in [0.2, 0.25) is 0 Å². The Balaban J connectivity index is 2.91. The van der Waals surface area contributed by atoms with Crippen molar-refractivity contribution in [3.8, 4) is 12.3 Å². The number of amides is 2. The van der Waals surface area contributed by atoms with Crippen LogP contribution < -0.4 is 11.1 Å². The number of carbonyl (C=O) groups is 2. The van der Waals surface area contributed by atoms with Crippen molar-refractivity contribution in [3.05, 3.63) is 35.4 Å². The molecule has 1 atom stereocenters. The monoisotopic (exact) mass is 252 g/mol. The van der Waals surface area contributed by atoms with Crippen LogP contribution in [0.5, 0.6) is 0 Å². The molecule has 0 aromatic heterocycles. The summed E-state index contributed by atoms with van der Waals surface area (Å²) in [4.78, 5) is 22.6. The van der Waals surface area contributed by atoms with Crippen molar-refractivity contribution in [2.45, 2.75) is 12.5 Å². The molecule has 6 heteroatoms. The number of nitrogens with one attached hydrogen (secondary N) is 1. The summed E-state index contributed by atoms with van der Waals surface area (Å²) in [5, 5.41) is 2.14. The molecule has 0 aliphatic heterocycles. The predicted molar refractivity (Wildman–Crippen MR) is 60.3 cm³/mol. The Kier molecular flexibility index (Phi) is 4.38. The maximum Gasteiger partial charge on any atom is 0.255 e. The molecule has 0 aliphatic rings. The fraction of sp³-hybridized carbons (Fsp3) is 0.167. The van der Waals surface area contributed by atoms with E-state index in [0.717, 1.165) is 12.1 Å². The lowest BCUT2D eigenvalue weighted by Crippen LogP contribution is -2.44. The van der Waals surface area contributed by atoms with E-state index in [1.807, 2.05) is 0 Å². The lowest BCUT2D eigenvalue weighted by Gasteiger charge is -2.13. The maximum absolute atomic E-state index is 13.3. The van der Waals surface area contributed by atoms with Crippen molar-refractivity contribution < 1.29 is 18.4 Å². The van der Waals surface area contributed by atoms with Gasteiger partial charge in [0.2, 0.25) is 5.91 Å². The number of nitrogens with two attached hydrogens (primary N) is 1. The molecule has 0 heterocycles. The first kappa shape index (κ1) is 13.6. The minimum absolute atomic E-state index is 0.127. The molecule has 4 nitrogen and oxygen atoms in total. The molecule has 0 saturated heterocycles. The Morgan fingerprint density at radius 1 is 1.44 bits per heavy atom. The summed E-state index contributed by atoms with van der Waals surface area (Å²) < 4.78 is 26.2. The molecule has 0 aliphatic carbocycles. The molecule has 0 bridgehead atoms. The normalized spacial score (nSPS) is 11.4. The lowest BCUT2D eigenvalue weighted by atomic mass is 10.1. The van der Waals surface area contributed by atoms with Gasteiger partial charge in [0.25, 0.3) is 5.91 Å². The van der Waals surface area contributed by atoms with Crippen LogP contribution in [0, 0.1) is 24.0 Å². The second-order valence-electron chi connectivity index (χ2n) is 3.44. The van der Waals surface area contributed by atoms with Gasteiger partial charge in [-0.1, -0.05) is 6.07 Å². The van der Waals surface area contributed by atoms with Crippen molar-refractivity contribution in [2.24, 2.45) is 5.73 Å². The van der Waals surface area contributed by atoms with Crippen LogP contribution in [0.25, 0.3) is 0 Å². The lowest BCUT2D eigenvalue weighted by molar-refractivity contribution is -0.119. The third-order valence-corrected chi connectivity index (χ3v) is 2.17. The van der Waals surface area contributed by atoms with E-state index in [9.17, 15) is 18.4 Å². The largest absolute Gasteiger partial charge is 0.368 e. The number of terminal acetylenes is 1. The highest BCUT2D eigenvalue weighted by Gasteiger charge is 2.21. The summed E-state index contributed by atoms with van der Waals surface area (Å²) in [6.45, 7) is 0. The zero-order valence-electron chi connectivity index (χ0n) is 9.24. The van der Waals surface area contributed by atoms with Crippen molar-refractivity contribution in [1.29, 1.82) is 0 Å². The van der Waals surface area contributed by atoms with Crippen LogP contribution >= 0.6 is 0 Å². The van der Waals surface area contributed by atoms with E-state index in [-0.39, 0.29) is 6.42 Å². The van der Waals surface area contributed by atoms with E-state index in [1.54, 1.807) is 0 Å². The van der Waals surface area contributed by atoms with Crippen LogP contribution in [0.15, 0.2) is 18.2 Å². The van der Waals surface area contributed by atoms with Crippen LogP contribution in [-0.2, 0) is 4.79 Å². The van der Waals surface area contributed by atoms with Gasteiger partial charge in [-0.05, 0) is 12.1 Å². The summed E-state index contributed by atoms with van der Waals surface area (Å²) in [7, 11) is 0. The van der Waals surface area contributed by atoms with Gasteiger partial charge in [0, 0.05) is 6.42 Å². The van der Waals surface area contributed by atoms with Gasteiger partial charge in [-0.15, -0.1) is 12.3 Å². The highest BCUT2D eigenvalue weighted by molar-refractivity contribution is 5.97. The van der Waals surface area contributed by atoms with Crippen molar-refractivity contribution in [2.75, 3.05) is 0 Å². The Morgan fingerprint density at radius 2 is 2.11 bits per heavy atom. The van der Waals surface area contributed by atoms with Gasteiger partial charge < -0.3 is 11.1 Å². The molecule has 0 spiro atoms. The number of primary amides is 1. The second-order valence-corrected chi connectivity index (χ2v) is 3.44. The minimum Gasteiger partial charge on any atom is -0.368 e. The van der Waals surface area contributed by atoms with Gasteiger partial charge >= 0.3 is 0 Å². The third-order valence-electron chi connectivity index (χ3n) is 2.17. The fourth-order valence-corrected chi connectivity index (χ4v) is 1.26. The van der Waals surface area contributed by atoms with Crippen molar-refractivity contribution >= 4 is 11.8 Å². The van der Waals surface area contributed by atoms with Crippen LogP contribution in [0.4, 0.5) is 8.78 Å². The minimum atomic E-state index is -1.29. The van der Waals surface area contributed by atoms with Crippen molar-refractivity contribution in [3.63, 3.8) is 0 Å². The van der Waals surface area contributed by atoms with Crippen LogP contribution in [0.3, 0.4) is 0 Å². The van der Waals surface area contributed by atoms with Gasteiger partial charge in [0.1, 0.15) is 6.04 Å². The van der Waals surface area contributed by atoms with E-state index in [2.05, 4.69) is 11.2 Å². The second kappa shape index (κ2) is 5.77. The van der Waals surface area contributed by atoms with Crippen LogP contribution in [-0.4, -0.2) is 17.9 Å². The van der Waals surface area contributed by atoms with Gasteiger partial charge in [-0.2, -0.15) is 0 Å². The summed E-state index contributed by atoms with van der Waals surface area (Å²) in [5.74, 6) is -2.10. The van der Waals surface area contributed by atoms with Gasteiger partial charge in [-0.3, -0.25) is 9.59 Å². The summed E-state index contributed by atoms with van der Waals surface area (Å²) in [6.07, 6.45) is 4.87. The third kappa shape index (κ3) is 3.04. The Morgan fingerprint density at radius 3 is 2.67 bits per heavy atom. The molecule has 3 N–H and O–H groups in total. The number of hydrogen-bond donors (Lipinski definition) is 2. The average molecular weight is 252 g/mol. The fourth-order valence-electron chi connectivity index (χ4n) is 1.26. The molecule has 1 rings (SSSR count). The number of hydrogen-bond acceptors (Lipinski definition) is 2. The quantitative estimate of drug-likeness (QED) is 0.769. The number of halogens is 2. The number of rotatable bonds is 4. The van der Waals surface area contributed by atoms with Crippen LogP contribution in [0.1, 0.15) is 16.8 Å². The molecular weight excluding hydrogens is 242 g/mol. The first-order valence-corrected chi connectivity index (χ1v) is 4.95. The van der Waals surface area contributed by atoms with E-state index >= 15 is 0 Å². The topological polar surface area (TPSA) is 72.2 Å². The number of benzene rings is 1. The highest BCUT2D eigenvalue weighted by Crippen LogP contribution is 2.11. The van der Waals surface area contributed by atoms with E-state index in [4.69, 9.17) is 12.2 Å². The zero-order valence-corrected chi connectivity index (χ0v) is 9.24. The van der Waals surface area contributed by atoms with Gasteiger partial charge in [0.15, 0.2) is 11.6 Å². The first-order valence-electron chi connectivity index (χ1n) is 4.95. The molecule has 0 unspecified atom stereocenters. The Bertz CT molecular complexity index is 523. The SMILES string of the molecule is C#CC[C@@H](NC(=O)c1cccc(F)c1F)C(N)=O. The Hall–Kier alpha value is -2.42. The molecule has 0 saturated carbocycles. The molecule has 18 heavy (non-hydrogen) atoms. The molecule has 1 aromatic carbocycles. The van der Waals surface area contributed by atoms with E-state index in [1.165, 1.54) is 6.07 Å². The number of carbonyl (C=O) groups excluding carboxylic acids is 2. The average Bonchev–Trinajstić information content (AvgIpc) is 2.31. The molecule has 2 amide bonds. The molecule has 1 aromatic rings. The Labute approximate surface area is 102 Å². The summed E-state index contributed by atoms with van der Waals surface area (Å²) >= 11 is 0. The molecule has 0 fully saturated rings. The first-order chi connectivity index (χ1) is 8.47.